The molecule has 0 saturated carbocycles. The van der Waals surface area contributed by atoms with E-state index in [4.69, 9.17) is 5.11 Å². The number of carboxylic acid groups (broad SMARTS) is 1. The Balaban J connectivity index is 1.89. The van der Waals surface area contributed by atoms with Gasteiger partial charge < -0.3 is 5.11 Å². The average molecular weight is 248 g/mol. The van der Waals surface area contributed by atoms with Crippen molar-refractivity contribution in [2.45, 2.75) is 32.7 Å². The SMILES string of the molecule is Cc1ccc(CN2CCCC(CC(=O)O)C2)nc1. The van der Waals surface area contributed by atoms with Gasteiger partial charge in [-0.1, -0.05) is 6.07 Å². The van der Waals surface area contributed by atoms with Gasteiger partial charge >= 0.3 is 5.97 Å². The van der Waals surface area contributed by atoms with Gasteiger partial charge in [0.15, 0.2) is 0 Å². The fourth-order valence-electron chi connectivity index (χ4n) is 2.53. The van der Waals surface area contributed by atoms with E-state index in [0.29, 0.717) is 5.92 Å². The van der Waals surface area contributed by atoms with E-state index in [1.165, 1.54) is 5.56 Å². The Morgan fingerprint density at radius 3 is 3.06 bits per heavy atom. The molecule has 0 aliphatic carbocycles. The zero-order chi connectivity index (χ0) is 13.0. The number of hydrogen-bond donors (Lipinski definition) is 1. The maximum atomic E-state index is 10.7. The molecule has 98 valence electrons. The second-order valence-electron chi connectivity index (χ2n) is 5.17. The Hall–Kier alpha value is -1.42. The van der Waals surface area contributed by atoms with E-state index in [1.54, 1.807) is 0 Å². The molecule has 4 heteroatoms. The minimum atomic E-state index is -0.685. The van der Waals surface area contributed by atoms with Crippen LogP contribution in [0.5, 0.6) is 0 Å². The van der Waals surface area contributed by atoms with Crippen LogP contribution in [0, 0.1) is 12.8 Å². The number of aromatic nitrogens is 1. The fourth-order valence-corrected chi connectivity index (χ4v) is 2.53. The number of likely N-dealkylation sites (tertiary alicyclic amines) is 1. The highest BCUT2D eigenvalue weighted by Crippen LogP contribution is 2.20. The molecule has 18 heavy (non-hydrogen) atoms. The molecule has 1 aliphatic heterocycles. The summed E-state index contributed by atoms with van der Waals surface area (Å²) in [5, 5.41) is 8.84. The number of carboxylic acids is 1. The maximum absolute atomic E-state index is 10.7. The van der Waals surface area contributed by atoms with Crippen molar-refractivity contribution in [2.75, 3.05) is 13.1 Å². The zero-order valence-electron chi connectivity index (χ0n) is 10.8. The minimum Gasteiger partial charge on any atom is -0.481 e. The third kappa shape index (κ3) is 3.81. The van der Waals surface area contributed by atoms with Crippen molar-refractivity contribution in [3.8, 4) is 0 Å². The van der Waals surface area contributed by atoms with Crippen LogP contribution in [-0.2, 0) is 11.3 Å². The molecule has 1 aliphatic rings. The van der Waals surface area contributed by atoms with Crippen molar-refractivity contribution >= 4 is 5.97 Å². The molecule has 2 rings (SSSR count). The summed E-state index contributed by atoms with van der Waals surface area (Å²) in [5.41, 5.74) is 2.23. The van der Waals surface area contributed by atoms with E-state index in [1.807, 2.05) is 13.1 Å². The van der Waals surface area contributed by atoms with Gasteiger partial charge in [-0.2, -0.15) is 0 Å². The van der Waals surface area contributed by atoms with Gasteiger partial charge in [-0.3, -0.25) is 14.7 Å². The lowest BCUT2D eigenvalue weighted by molar-refractivity contribution is -0.138. The predicted molar refractivity (Wildman–Crippen MR) is 69.2 cm³/mol. The van der Waals surface area contributed by atoms with Crippen LogP contribution >= 0.6 is 0 Å². The highest BCUT2D eigenvalue weighted by atomic mass is 16.4. The number of carbonyl (C=O) groups is 1. The monoisotopic (exact) mass is 248 g/mol. The van der Waals surface area contributed by atoms with Crippen molar-refractivity contribution in [2.24, 2.45) is 5.92 Å². The standard InChI is InChI=1S/C14H20N2O2/c1-11-4-5-13(15-8-11)10-16-6-2-3-12(9-16)7-14(17)18/h4-5,8,12H,2-3,6-7,9-10H2,1H3,(H,17,18). The van der Waals surface area contributed by atoms with Crippen molar-refractivity contribution in [1.82, 2.24) is 9.88 Å². The van der Waals surface area contributed by atoms with Gasteiger partial charge in [0.2, 0.25) is 0 Å². The predicted octanol–water partition coefficient (Wildman–Crippen LogP) is 2.08. The van der Waals surface area contributed by atoms with Gasteiger partial charge in [-0.05, 0) is 43.9 Å². The Morgan fingerprint density at radius 1 is 1.56 bits per heavy atom. The van der Waals surface area contributed by atoms with Crippen LogP contribution < -0.4 is 0 Å². The van der Waals surface area contributed by atoms with Crippen molar-refractivity contribution < 1.29 is 9.90 Å². The molecule has 1 N–H and O–H groups in total. The Kier molecular flexibility index (Phi) is 4.31. The summed E-state index contributed by atoms with van der Waals surface area (Å²) in [4.78, 5) is 17.5. The first-order valence-electron chi connectivity index (χ1n) is 6.49. The van der Waals surface area contributed by atoms with Crippen LogP contribution in [0.4, 0.5) is 0 Å². The average Bonchev–Trinajstić information content (AvgIpc) is 2.32. The molecule has 1 atom stereocenters. The summed E-state index contributed by atoms with van der Waals surface area (Å²) in [6.07, 6.45) is 4.29. The van der Waals surface area contributed by atoms with Crippen LogP contribution in [-0.4, -0.2) is 34.0 Å². The smallest absolute Gasteiger partial charge is 0.303 e. The maximum Gasteiger partial charge on any atom is 0.303 e. The first-order chi connectivity index (χ1) is 8.63. The normalized spacial score (nSPS) is 20.8. The summed E-state index contributed by atoms with van der Waals surface area (Å²) >= 11 is 0. The van der Waals surface area contributed by atoms with Gasteiger partial charge in [0.25, 0.3) is 0 Å². The molecular weight excluding hydrogens is 228 g/mol. The van der Waals surface area contributed by atoms with E-state index in [9.17, 15) is 4.79 Å². The number of rotatable bonds is 4. The first kappa shape index (κ1) is 13.0. The molecule has 1 fully saturated rings. The lowest BCUT2D eigenvalue weighted by Gasteiger charge is -2.31. The van der Waals surface area contributed by atoms with Crippen LogP contribution in [0.1, 0.15) is 30.5 Å². The molecule has 0 aromatic carbocycles. The number of hydrogen-bond acceptors (Lipinski definition) is 3. The van der Waals surface area contributed by atoms with E-state index >= 15 is 0 Å². The van der Waals surface area contributed by atoms with Crippen molar-refractivity contribution in [3.63, 3.8) is 0 Å². The summed E-state index contributed by atoms with van der Waals surface area (Å²) in [5.74, 6) is -0.392. The van der Waals surface area contributed by atoms with E-state index < -0.39 is 5.97 Å². The van der Waals surface area contributed by atoms with E-state index in [0.717, 1.165) is 38.2 Å². The first-order valence-corrected chi connectivity index (χ1v) is 6.49. The highest BCUT2D eigenvalue weighted by Gasteiger charge is 2.22. The van der Waals surface area contributed by atoms with Crippen molar-refractivity contribution in [3.05, 3.63) is 29.6 Å². The third-order valence-electron chi connectivity index (χ3n) is 3.42. The molecule has 1 aromatic heterocycles. The Morgan fingerprint density at radius 2 is 2.39 bits per heavy atom. The van der Waals surface area contributed by atoms with Gasteiger partial charge in [0, 0.05) is 25.7 Å². The third-order valence-corrected chi connectivity index (χ3v) is 3.42. The number of pyridine rings is 1. The fraction of sp³-hybridized carbons (Fsp3) is 0.571. The second kappa shape index (κ2) is 5.96. The summed E-state index contributed by atoms with van der Waals surface area (Å²) < 4.78 is 0. The van der Waals surface area contributed by atoms with Crippen molar-refractivity contribution in [1.29, 1.82) is 0 Å². The molecule has 4 nitrogen and oxygen atoms in total. The Bertz CT molecular complexity index is 403. The summed E-state index contributed by atoms with van der Waals surface area (Å²) in [6, 6.07) is 4.12. The highest BCUT2D eigenvalue weighted by molar-refractivity contribution is 5.67. The van der Waals surface area contributed by atoms with E-state index in [2.05, 4.69) is 22.0 Å². The Labute approximate surface area is 108 Å². The molecule has 2 heterocycles. The number of nitrogens with zero attached hydrogens (tertiary/aromatic N) is 2. The molecule has 0 spiro atoms. The van der Waals surface area contributed by atoms with Gasteiger partial charge in [-0.25, -0.2) is 0 Å². The number of piperidine rings is 1. The second-order valence-corrected chi connectivity index (χ2v) is 5.17. The van der Waals surface area contributed by atoms with Gasteiger partial charge in [0.1, 0.15) is 0 Å². The summed E-state index contributed by atoms with van der Waals surface area (Å²) in [7, 11) is 0. The zero-order valence-corrected chi connectivity index (χ0v) is 10.8. The molecule has 0 bridgehead atoms. The summed E-state index contributed by atoms with van der Waals surface area (Å²) in [6.45, 7) is 4.78. The quantitative estimate of drug-likeness (QED) is 0.886. The molecule has 0 radical (unpaired) electrons. The van der Waals surface area contributed by atoms with Gasteiger partial charge in [0.05, 0.1) is 5.69 Å². The number of aliphatic carboxylic acids is 1. The molecular formula is C14H20N2O2. The molecule has 1 unspecified atom stereocenters. The van der Waals surface area contributed by atoms with Crippen LogP contribution in [0.3, 0.4) is 0 Å². The van der Waals surface area contributed by atoms with Crippen LogP contribution in [0.25, 0.3) is 0 Å². The van der Waals surface area contributed by atoms with Gasteiger partial charge in [-0.15, -0.1) is 0 Å². The largest absolute Gasteiger partial charge is 0.481 e. The molecule has 0 amide bonds. The lowest BCUT2D eigenvalue weighted by Crippen LogP contribution is -2.35. The molecule has 1 aromatic rings. The van der Waals surface area contributed by atoms with Crippen LogP contribution in [0.2, 0.25) is 0 Å². The van der Waals surface area contributed by atoms with E-state index in [-0.39, 0.29) is 6.42 Å². The lowest BCUT2D eigenvalue weighted by atomic mass is 9.95. The minimum absolute atomic E-state index is 0.290. The van der Waals surface area contributed by atoms with Crippen LogP contribution in [0.15, 0.2) is 18.3 Å². The number of aryl methyl sites for hydroxylation is 1. The topological polar surface area (TPSA) is 53.4 Å². The molecule has 1 saturated heterocycles.